The van der Waals surface area contributed by atoms with Crippen molar-refractivity contribution in [2.45, 2.75) is 45.3 Å². The first-order valence-corrected chi connectivity index (χ1v) is 8.45. The number of benzene rings is 1. The Balaban J connectivity index is 1.89. The zero-order valence-electron chi connectivity index (χ0n) is 14.8. The molecular formula is C18H24BN3O2. The first kappa shape index (κ1) is 16.6. The number of imidazole rings is 1. The molecule has 24 heavy (non-hydrogen) atoms. The maximum absolute atomic E-state index is 12.5. The molecule has 0 aliphatic carbocycles. The predicted molar refractivity (Wildman–Crippen MR) is 97.1 cm³/mol. The number of nitrogens with one attached hydrogen (secondary N) is 1. The average Bonchev–Trinajstić information content (AvgIpc) is 3.14. The van der Waals surface area contributed by atoms with Gasteiger partial charge >= 0.3 is 6.09 Å². The topological polar surface area (TPSA) is 58.2 Å². The largest absolute Gasteiger partial charge is 0.444 e. The molecule has 1 aromatic carbocycles. The third kappa shape index (κ3) is 3.47. The van der Waals surface area contributed by atoms with Crippen LogP contribution in [0.4, 0.5) is 4.79 Å². The van der Waals surface area contributed by atoms with Gasteiger partial charge in [0.2, 0.25) is 0 Å². The third-order valence-electron chi connectivity index (χ3n) is 4.17. The molecule has 1 N–H and O–H groups in total. The summed E-state index contributed by atoms with van der Waals surface area (Å²) < 4.78 is 5.56. The van der Waals surface area contributed by atoms with Crippen molar-refractivity contribution in [2.24, 2.45) is 0 Å². The molecule has 5 nitrogen and oxygen atoms in total. The lowest BCUT2D eigenvalue weighted by Crippen LogP contribution is -2.36. The van der Waals surface area contributed by atoms with Crippen molar-refractivity contribution in [1.29, 1.82) is 0 Å². The van der Waals surface area contributed by atoms with Gasteiger partial charge in [0, 0.05) is 6.54 Å². The van der Waals surface area contributed by atoms with Crippen molar-refractivity contribution in [3.05, 3.63) is 36.3 Å². The molecule has 2 heterocycles. The molecule has 2 aromatic rings. The van der Waals surface area contributed by atoms with Gasteiger partial charge in [-0.3, -0.25) is 4.90 Å². The van der Waals surface area contributed by atoms with Gasteiger partial charge in [-0.15, -0.1) is 0 Å². The van der Waals surface area contributed by atoms with Gasteiger partial charge < -0.3 is 9.72 Å². The molecule has 1 amide bonds. The van der Waals surface area contributed by atoms with E-state index >= 15 is 0 Å². The Bertz CT molecular complexity index is 736. The number of aromatic nitrogens is 2. The number of amides is 1. The summed E-state index contributed by atoms with van der Waals surface area (Å²) >= 11 is 0. The average molecular weight is 325 g/mol. The summed E-state index contributed by atoms with van der Waals surface area (Å²) in [4.78, 5) is 22.1. The molecule has 126 valence electrons. The maximum atomic E-state index is 12.5. The van der Waals surface area contributed by atoms with Crippen LogP contribution in [-0.2, 0) is 4.74 Å². The number of ether oxygens (including phenoxy) is 1. The minimum atomic E-state index is -0.491. The zero-order chi connectivity index (χ0) is 17.3. The number of rotatable bonds is 2. The highest BCUT2D eigenvalue weighted by molar-refractivity contribution is 6.32. The summed E-state index contributed by atoms with van der Waals surface area (Å²) in [6.07, 6.45) is 3.31. The van der Waals surface area contributed by atoms with Crippen LogP contribution in [0.3, 0.4) is 0 Å². The number of carbonyl (C=O) groups is 1. The van der Waals surface area contributed by atoms with Gasteiger partial charge in [0.25, 0.3) is 0 Å². The van der Waals surface area contributed by atoms with E-state index in [0.717, 1.165) is 29.8 Å². The van der Waals surface area contributed by atoms with Crippen LogP contribution in [0.5, 0.6) is 0 Å². The molecule has 1 aromatic heterocycles. The molecular weight excluding hydrogens is 301 g/mol. The van der Waals surface area contributed by atoms with Gasteiger partial charge in [-0.25, -0.2) is 9.78 Å². The lowest BCUT2D eigenvalue weighted by Gasteiger charge is -2.28. The van der Waals surface area contributed by atoms with Crippen LogP contribution in [0.2, 0.25) is 0 Å². The van der Waals surface area contributed by atoms with E-state index in [1.54, 1.807) is 11.2 Å². The highest BCUT2D eigenvalue weighted by Gasteiger charge is 2.35. The van der Waals surface area contributed by atoms with Crippen molar-refractivity contribution in [3.63, 3.8) is 0 Å². The van der Waals surface area contributed by atoms with Crippen molar-refractivity contribution >= 4 is 19.4 Å². The van der Waals surface area contributed by atoms with Crippen LogP contribution in [0.15, 0.2) is 30.6 Å². The van der Waals surface area contributed by atoms with E-state index < -0.39 is 5.60 Å². The second-order valence-corrected chi connectivity index (χ2v) is 7.36. The fourth-order valence-corrected chi connectivity index (χ4v) is 3.18. The molecule has 0 saturated carbocycles. The summed E-state index contributed by atoms with van der Waals surface area (Å²) in [6.45, 7) is 6.38. The molecule has 1 aliphatic rings. The quantitative estimate of drug-likeness (QED) is 0.863. The fourth-order valence-electron chi connectivity index (χ4n) is 3.18. The van der Waals surface area contributed by atoms with Crippen LogP contribution < -0.4 is 5.46 Å². The number of likely N-dealkylation sites (tertiary alicyclic amines) is 1. The minimum Gasteiger partial charge on any atom is -0.444 e. The monoisotopic (exact) mass is 325 g/mol. The minimum absolute atomic E-state index is 0.0402. The molecule has 0 unspecified atom stereocenters. The summed E-state index contributed by atoms with van der Waals surface area (Å²) in [7, 11) is 2.07. The standard InChI is InChI=1S/C18H24BN3O2/c1-18(2,3)24-17(23)22-9-5-8-14(22)16-15(20-11-21-16)12-6-4-7-13(19)10-12/h4,6-7,10-11,14H,5,8-9,19H2,1-3H3,(H,20,21)/t14-/m0/s1. The Morgan fingerprint density at radius 1 is 1.42 bits per heavy atom. The van der Waals surface area contributed by atoms with Crippen molar-refractivity contribution in [1.82, 2.24) is 14.9 Å². The van der Waals surface area contributed by atoms with Gasteiger partial charge in [-0.1, -0.05) is 29.7 Å². The highest BCUT2D eigenvalue weighted by atomic mass is 16.6. The van der Waals surface area contributed by atoms with Crippen LogP contribution in [0.25, 0.3) is 11.3 Å². The SMILES string of the molecule is Bc1cccc(-c2[nH]cnc2[C@@H]2CCCN2C(=O)OC(C)(C)C)c1. The van der Waals surface area contributed by atoms with Gasteiger partial charge in [0.1, 0.15) is 13.4 Å². The molecule has 1 aliphatic heterocycles. The Hall–Kier alpha value is -2.24. The maximum Gasteiger partial charge on any atom is 0.410 e. The van der Waals surface area contributed by atoms with Gasteiger partial charge in [-0.05, 0) is 39.2 Å². The normalized spacial score (nSPS) is 18.0. The van der Waals surface area contributed by atoms with Gasteiger partial charge in [0.15, 0.2) is 0 Å². The smallest absolute Gasteiger partial charge is 0.410 e. The lowest BCUT2D eigenvalue weighted by atomic mass is 9.93. The number of aromatic amines is 1. The van der Waals surface area contributed by atoms with Crippen molar-refractivity contribution in [3.8, 4) is 11.3 Å². The second-order valence-electron chi connectivity index (χ2n) is 7.36. The first-order valence-electron chi connectivity index (χ1n) is 8.45. The van der Waals surface area contributed by atoms with Crippen LogP contribution in [0, 0.1) is 0 Å². The first-order chi connectivity index (χ1) is 11.3. The van der Waals surface area contributed by atoms with Crippen molar-refractivity contribution in [2.75, 3.05) is 6.54 Å². The fraction of sp³-hybridized carbons (Fsp3) is 0.444. The Kier molecular flexibility index (Phi) is 4.39. The number of carbonyl (C=O) groups excluding carboxylic acids is 1. The molecule has 0 bridgehead atoms. The number of H-pyrrole nitrogens is 1. The van der Waals surface area contributed by atoms with E-state index in [9.17, 15) is 4.79 Å². The second kappa shape index (κ2) is 6.34. The molecule has 1 saturated heterocycles. The van der Waals surface area contributed by atoms with E-state index in [1.165, 1.54) is 5.46 Å². The summed E-state index contributed by atoms with van der Waals surface area (Å²) in [6, 6.07) is 8.26. The Morgan fingerprint density at radius 2 is 2.21 bits per heavy atom. The molecule has 6 heteroatoms. The number of hydrogen-bond donors (Lipinski definition) is 1. The van der Waals surface area contributed by atoms with Crippen molar-refractivity contribution < 1.29 is 9.53 Å². The predicted octanol–water partition coefficient (Wildman–Crippen LogP) is 2.41. The molecule has 0 radical (unpaired) electrons. The summed E-state index contributed by atoms with van der Waals surface area (Å²) in [5, 5.41) is 0. The van der Waals surface area contributed by atoms with Crippen LogP contribution in [-0.4, -0.2) is 41.0 Å². The van der Waals surface area contributed by atoms with E-state index in [0.29, 0.717) is 6.54 Å². The molecule has 1 fully saturated rings. The highest BCUT2D eigenvalue weighted by Crippen LogP contribution is 2.36. The zero-order valence-corrected chi connectivity index (χ0v) is 14.8. The van der Waals surface area contributed by atoms with Gasteiger partial charge in [-0.2, -0.15) is 0 Å². The van der Waals surface area contributed by atoms with E-state index in [2.05, 4.69) is 36.0 Å². The number of hydrogen-bond acceptors (Lipinski definition) is 3. The lowest BCUT2D eigenvalue weighted by molar-refractivity contribution is 0.0222. The summed E-state index contributed by atoms with van der Waals surface area (Å²) in [5.74, 6) is 0. The Labute approximate surface area is 143 Å². The number of nitrogens with zero attached hydrogens (tertiary/aromatic N) is 2. The Morgan fingerprint density at radius 3 is 2.92 bits per heavy atom. The molecule has 1 atom stereocenters. The molecule has 3 rings (SSSR count). The summed E-state index contributed by atoms with van der Waals surface area (Å²) in [5.41, 5.74) is 3.71. The third-order valence-corrected chi connectivity index (χ3v) is 4.17. The van der Waals surface area contributed by atoms with Crippen LogP contribution >= 0.6 is 0 Å². The van der Waals surface area contributed by atoms with E-state index in [1.807, 2.05) is 26.8 Å². The van der Waals surface area contributed by atoms with E-state index in [4.69, 9.17) is 4.74 Å². The molecule has 0 spiro atoms. The van der Waals surface area contributed by atoms with Crippen LogP contribution in [0.1, 0.15) is 45.3 Å². The van der Waals surface area contributed by atoms with E-state index in [-0.39, 0.29) is 12.1 Å². The van der Waals surface area contributed by atoms with Gasteiger partial charge in [0.05, 0.1) is 23.8 Å².